The topological polar surface area (TPSA) is 45.1 Å². The summed E-state index contributed by atoms with van der Waals surface area (Å²) in [5, 5.41) is 17.9. The molecule has 0 aromatic heterocycles. The SMILES string of the molecule is Oc1ccccc1[C@@H]1Oc2ccccc2[C@H]2CC(c3ccc(Cl)cc3)=NN21. The summed E-state index contributed by atoms with van der Waals surface area (Å²) >= 11 is 6.03. The summed E-state index contributed by atoms with van der Waals surface area (Å²) in [4.78, 5) is 0. The molecule has 0 radical (unpaired) electrons. The predicted molar refractivity (Wildman–Crippen MR) is 105 cm³/mol. The van der Waals surface area contributed by atoms with E-state index in [1.54, 1.807) is 12.1 Å². The standard InChI is InChI=1S/C22H17ClN2O2/c23-15-11-9-14(10-12-15)18-13-19-16-5-2-4-8-21(16)27-22(25(19)24-18)17-6-1-3-7-20(17)26/h1-12,19,22,26H,13H2/t19-,22+/m1/s1. The molecule has 0 spiro atoms. The van der Waals surface area contributed by atoms with Crippen LogP contribution in [-0.4, -0.2) is 15.8 Å². The number of nitrogens with zero attached hydrogens (tertiary/aromatic N) is 2. The zero-order valence-electron chi connectivity index (χ0n) is 14.4. The number of hydrogen-bond acceptors (Lipinski definition) is 4. The van der Waals surface area contributed by atoms with Gasteiger partial charge in [0.05, 0.1) is 17.3 Å². The van der Waals surface area contributed by atoms with Crippen molar-refractivity contribution in [2.24, 2.45) is 5.10 Å². The molecule has 1 N–H and O–H groups in total. The Bertz CT molecular complexity index is 1030. The second-order valence-corrected chi connectivity index (χ2v) is 7.16. The van der Waals surface area contributed by atoms with E-state index < -0.39 is 6.23 Å². The smallest absolute Gasteiger partial charge is 0.217 e. The average Bonchev–Trinajstić information content (AvgIpc) is 3.14. The van der Waals surface area contributed by atoms with Crippen molar-refractivity contribution >= 4 is 17.3 Å². The number of phenolic OH excluding ortho intramolecular Hbond substituents is 1. The maximum Gasteiger partial charge on any atom is 0.217 e. The Labute approximate surface area is 162 Å². The van der Waals surface area contributed by atoms with Gasteiger partial charge in [0.15, 0.2) is 0 Å². The number of rotatable bonds is 2. The van der Waals surface area contributed by atoms with E-state index in [0.717, 1.165) is 29.0 Å². The fraction of sp³-hybridized carbons (Fsp3) is 0.136. The fourth-order valence-electron chi connectivity index (χ4n) is 3.75. The van der Waals surface area contributed by atoms with Gasteiger partial charge in [-0.1, -0.05) is 54.1 Å². The highest BCUT2D eigenvalue weighted by Crippen LogP contribution is 2.48. The molecule has 3 aromatic rings. The normalized spacial score (nSPS) is 20.5. The van der Waals surface area contributed by atoms with Crippen LogP contribution in [0.1, 0.15) is 35.4 Å². The molecule has 2 aliphatic heterocycles. The van der Waals surface area contributed by atoms with Crippen molar-refractivity contribution in [3.05, 3.63) is 94.5 Å². The van der Waals surface area contributed by atoms with Crippen molar-refractivity contribution in [3.63, 3.8) is 0 Å². The molecule has 0 saturated heterocycles. The average molecular weight is 377 g/mol. The van der Waals surface area contributed by atoms with Crippen LogP contribution in [0.4, 0.5) is 0 Å². The fourth-order valence-corrected chi connectivity index (χ4v) is 3.88. The first kappa shape index (κ1) is 16.2. The van der Waals surface area contributed by atoms with Gasteiger partial charge < -0.3 is 9.84 Å². The van der Waals surface area contributed by atoms with Crippen molar-refractivity contribution in [1.82, 2.24) is 5.01 Å². The number of aromatic hydroxyl groups is 1. The summed E-state index contributed by atoms with van der Waals surface area (Å²) in [5.74, 6) is 1.04. The minimum atomic E-state index is -0.476. The van der Waals surface area contributed by atoms with Gasteiger partial charge in [-0.25, -0.2) is 5.01 Å². The molecule has 0 amide bonds. The van der Waals surface area contributed by atoms with Gasteiger partial charge in [-0.2, -0.15) is 5.10 Å². The summed E-state index contributed by atoms with van der Waals surface area (Å²) in [6.07, 6.45) is 0.294. The molecule has 0 bridgehead atoms. The van der Waals surface area contributed by atoms with Gasteiger partial charge in [-0.15, -0.1) is 0 Å². The van der Waals surface area contributed by atoms with Crippen molar-refractivity contribution in [2.45, 2.75) is 18.7 Å². The molecule has 2 aliphatic rings. The van der Waals surface area contributed by atoms with Crippen LogP contribution in [0, 0.1) is 0 Å². The number of para-hydroxylation sites is 2. The van der Waals surface area contributed by atoms with E-state index in [4.69, 9.17) is 21.4 Å². The first-order valence-corrected chi connectivity index (χ1v) is 9.24. The minimum absolute atomic E-state index is 0.0604. The van der Waals surface area contributed by atoms with E-state index in [1.165, 1.54) is 0 Å². The second-order valence-electron chi connectivity index (χ2n) is 6.72. The highest BCUT2D eigenvalue weighted by Gasteiger charge is 2.41. The lowest BCUT2D eigenvalue weighted by molar-refractivity contribution is -0.0203. The Hall–Kier alpha value is -2.98. The molecule has 5 heteroatoms. The molecule has 134 valence electrons. The van der Waals surface area contributed by atoms with Gasteiger partial charge in [0.1, 0.15) is 11.5 Å². The quantitative estimate of drug-likeness (QED) is 0.661. The Morgan fingerprint density at radius 1 is 0.926 bits per heavy atom. The van der Waals surface area contributed by atoms with Crippen molar-refractivity contribution in [2.75, 3.05) is 0 Å². The number of hydrazone groups is 1. The van der Waals surface area contributed by atoms with Gasteiger partial charge in [0.25, 0.3) is 0 Å². The first-order valence-electron chi connectivity index (χ1n) is 8.86. The summed E-state index contributed by atoms with van der Waals surface area (Å²) in [5.41, 5.74) is 3.84. The summed E-state index contributed by atoms with van der Waals surface area (Å²) in [6, 6.07) is 23.1. The molecule has 3 aromatic carbocycles. The van der Waals surface area contributed by atoms with E-state index in [2.05, 4.69) is 6.07 Å². The monoisotopic (exact) mass is 376 g/mol. The van der Waals surface area contributed by atoms with Crippen LogP contribution in [0.3, 0.4) is 0 Å². The third-order valence-electron chi connectivity index (χ3n) is 5.08. The molecule has 4 nitrogen and oxygen atoms in total. The van der Waals surface area contributed by atoms with E-state index in [-0.39, 0.29) is 11.8 Å². The van der Waals surface area contributed by atoms with Crippen molar-refractivity contribution in [1.29, 1.82) is 0 Å². The van der Waals surface area contributed by atoms with E-state index in [0.29, 0.717) is 10.6 Å². The van der Waals surface area contributed by atoms with Gasteiger partial charge >= 0.3 is 0 Å². The largest absolute Gasteiger partial charge is 0.507 e. The Morgan fingerprint density at radius 3 is 2.41 bits per heavy atom. The molecular formula is C22H17ClN2O2. The highest BCUT2D eigenvalue weighted by molar-refractivity contribution is 6.30. The summed E-state index contributed by atoms with van der Waals surface area (Å²) in [6.45, 7) is 0. The molecule has 0 saturated carbocycles. The van der Waals surface area contributed by atoms with Crippen LogP contribution >= 0.6 is 11.6 Å². The second kappa shape index (κ2) is 6.32. The third-order valence-corrected chi connectivity index (χ3v) is 5.33. The molecule has 0 fully saturated rings. The minimum Gasteiger partial charge on any atom is -0.507 e. The van der Waals surface area contributed by atoms with E-state index in [9.17, 15) is 5.11 Å². The predicted octanol–water partition coefficient (Wildman–Crippen LogP) is 5.29. The van der Waals surface area contributed by atoms with Crippen LogP contribution in [0.25, 0.3) is 0 Å². The van der Waals surface area contributed by atoms with Gasteiger partial charge in [0, 0.05) is 17.0 Å². The lowest BCUT2D eigenvalue weighted by atomic mass is 9.96. The Balaban J connectivity index is 1.61. The summed E-state index contributed by atoms with van der Waals surface area (Å²) in [7, 11) is 0. The zero-order valence-corrected chi connectivity index (χ0v) is 15.2. The summed E-state index contributed by atoms with van der Waals surface area (Å²) < 4.78 is 6.25. The molecule has 2 atom stereocenters. The highest BCUT2D eigenvalue weighted by atomic mass is 35.5. The maximum absolute atomic E-state index is 10.4. The van der Waals surface area contributed by atoms with Crippen LogP contribution < -0.4 is 4.74 Å². The molecule has 27 heavy (non-hydrogen) atoms. The molecular weight excluding hydrogens is 360 g/mol. The Morgan fingerprint density at radius 2 is 1.63 bits per heavy atom. The van der Waals surface area contributed by atoms with Gasteiger partial charge in [0.2, 0.25) is 6.23 Å². The van der Waals surface area contributed by atoms with Crippen LogP contribution in [-0.2, 0) is 0 Å². The molecule has 5 rings (SSSR count). The first-order chi connectivity index (χ1) is 13.2. The Kier molecular flexibility index (Phi) is 3.80. The van der Waals surface area contributed by atoms with Crippen molar-refractivity contribution < 1.29 is 9.84 Å². The van der Waals surface area contributed by atoms with Gasteiger partial charge in [-0.05, 0) is 35.9 Å². The van der Waals surface area contributed by atoms with E-state index in [1.807, 2.05) is 59.6 Å². The van der Waals surface area contributed by atoms with Crippen LogP contribution in [0.5, 0.6) is 11.5 Å². The molecule has 0 aliphatic carbocycles. The molecule has 2 heterocycles. The van der Waals surface area contributed by atoms with Crippen LogP contribution in [0.15, 0.2) is 77.9 Å². The number of halogens is 1. The zero-order chi connectivity index (χ0) is 18.4. The number of hydrogen-bond donors (Lipinski definition) is 1. The van der Waals surface area contributed by atoms with Gasteiger partial charge in [-0.3, -0.25) is 0 Å². The van der Waals surface area contributed by atoms with Crippen LogP contribution in [0.2, 0.25) is 5.02 Å². The number of phenols is 1. The number of fused-ring (bicyclic) bond motifs is 3. The molecule has 0 unspecified atom stereocenters. The lowest BCUT2D eigenvalue weighted by Gasteiger charge is -2.38. The maximum atomic E-state index is 10.4. The van der Waals surface area contributed by atoms with E-state index >= 15 is 0 Å². The van der Waals surface area contributed by atoms with Crippen molar-refractivity contribution in [3.8, 4) is 11.5 Å². The lowest BCUT2D eigenvalue weighted by Crippen LogP contribution is -2.33. The third kappa shape index (κ3) is 2.73. The number of ether oxygens (including phenoxy) is 1. The number of benzene rings is 3.